The molecule has 0 N–H and O–H groups in total. The first-order valence-corrected chi connectivity index (χ1v) is 9.05. The van der Waals surface area contributed by atoms with Crippen LogP contribution in [0.1, 0.15) is 46.5 Å². The van der Waals surface area contributed by atoms with Crippen molar-refractivity contribution in [1.82, 2.24) is 4.90 Å². The molecule has 0 atom stereocenters. The molecule has 0 spiro atoms. The van der Waals surface area contributed by atoms with Gasteiger partial charge in [-0.2, -0.15) is 0 Å². The van der Waals surface area contributed by atoms with Crippen molar-refractivity contribution in [3.05, 3.63) is 64.2 Å². The minimum absolute atomic E-state index is 0.280. The molecule has 26 heavy (non-hydrogen) atoms. The fourth-order valence-corrected chi connectivity index (χ4v) is 2.51. The number of carbonyl (C=O) groups is 1. The molecule has 2 aromatic rings. The van der Waals surface area contributed by atoms with Crippen LogP contribution in [0.2, 0.25) is 0 Å². The molecular formula is C22H28N2O2. The molecule has 0 unspecified atom stereocenters. The van der Waals surface area contributed by atoms with E-state index in [-0.39, 0.29) is 12.6 Å². The van der Waals surface area contributed by atoms with Crippen LogP contribution in [0.4, 0.5) is 5.69 Å². The number of aryl methyl sites for hydroxylation is 1. The number of hydrogen-bond donors (Lipinski definition) is 0. The maximum atomic E-state index is 12.5. The van der Waals surface area contributed by atoms with E-state index in [1.165, 1.54) is 5.56 Å². The Balaban J connectivity index is 2.08. The Hall–Kier alpha value is -2.62. The molecule has 0 aliphatic rings. The number of carbonyl (C=O) groups excluding carboxylic acids is 1. The number of nitrogens with zero attached hydrogens (tertiary/aromatic N) is 2. The van der Waals surface area contributed by atoms with Gasteiger partial charge in [0.15, 0.2) is 0 Å². The van der Waals surface area contributed by atoms with Crippen molar-refractivity contribution in [3.63, 3.8) is 0 Å². The van der Waals surface area contributed by atoms with Crippen molar-refractivity contribution in [2.45, 2.75) is 40.7 Å². The van der Waals surface area contributed by atoms with Crippen molar-refractivity contribution in [2.75, 3.05) is 13.6 Å². The highest BCUT2D eigenvalue weighted by atomic mass is 16.5. The molecule has 0 saturated carbocycles. The molecule has 0 aliphatic carbocycles. The summed E-state index contributed by atoms with van der Waals surface area (Å²) in [6.45, 7) is 9.28. The largest absolute Gasteiger partial charge is 0.457 e. The second-order valence-corrected chi connectivity index (χ2v) is 6.45. The lowest BCUT2D eigenvalue weighted by atomic mass is 10.0. The van der Waals surface area contributed by atoms with E-state index in [2.05, 4.69) is 31.0 Å². The van der Waals surface area contributed by atoms with Gasteiger partial charge in [0.05, 0.1) is 17.6 Å². The zero-order valence-electron chi connectivity index (χ0n) is 16.4. The minimum atomic E-state index is -0.300. The second kappa shape index (κ2) is 9.18. The number of ether oxygens (including phenoxy) is 1. The summed E-state index contributed by atoms with van der Waals surface area (Å²) < 4.78 is 5.49. The Kier molecular flexibility index (Phi) is 6.96. The van der Waals surface area contributed by atoms with Gasteiger partial charge in [0.25, 0.3) is 0 Å². The fraction of sp³-hybridized carbons (Fsp3) is 0.364. The van der Waals surface area contributed by atoms with Crippen LogP contribution in [0.15, 0.2) is 41.4 Å². The molecule has 0 heterocycles. The summed E-state index contributed by atoms with van der Waals surface area (Å²) in [5.74, 6) is -0.300. The Morgan fingerprint density at radius 1 is 1.04 bits per heavy atom. The minimum Gasteiger partial charge on any atom is -0.457 e. The molecule has 0 bridgehead atoms. The summed E-state index contributed by atoms with van der Waals surface area (Å²) in [7, 11) is 1.98. The quantitative estimate of drug-likeness (QED) is 0.407. The summed E-state index contributed by atoms with van der Waals surface area (Å²) >= 11 is 0. The van der Waals surface area contributed by atoms with Gasteiger partial charge in [-0.15, -0.1) is 0 Å². The van der Waals surface area contributed by atoms with Gasteiger partial charge in [-0.05, 0) is 61.6 Å². The Bertz CT molecular complexity index is 779. The highest BCUT2D eigenvalue weighted by Gasteiger charge is 2.14. The van der Waals surface area contributed by atoms with Gasteiger partial charge < -0.3 is 9.64 Å². The van der Waals surface area contributed by atoms with E-state index in [0.717, 1.165) is 35.3 Å². The third-order valence-corrected chi connectivity index (χ3v) is 4.67. The van der Waals surface area contributed by atoms with Gasteiger partial charge >= 0.3 is 5.97 Å². The predicted molar refractivity (Wildman–Crippen MR) is 107 cm³/mol. The molecule has 0 radical (unpaired) electrons. The average molecular weight is 352 g/mol. The van der Waals surface area contributed by atoms with E-state index < -0.39 is 0 Å². The zero-order valence-corrected chi connectivity index (χ0v) is 16.4. The van der Waals surface area contributed by atoms with Crippen LogP contribution in [0.5, 0.6) is 0 Å². The third-order valence-electron chi connectivity index (χ3n) is 4.67. The van der Waals surface area contributed by atoms with Gasteiger partial charge in [-0.1, -0.05) is 31.2 Å². The normalized spacial score (nSPS) is 11.0. The van der Waals surface area contributed by atoms with Crippen LogP contribution in [-0.4, -0.2) is 30.8 Å². The Labute approximate surface area is 156 Å². The second-order valence-electron chi connectivity index (χ2n) is 6.45. The Morgan fingerprint density at radius 2 is 1.69 bits per heavy atom. The first kappa shape index (κ1) is 19.7. The van der Waals surface area contributed by atoms with Crippen molar-refractivity contribution in [2.24, 2.45) is 4.99 Å². The van der Waals surface area contributed by atoms with E-state index in [9.17, 15) is 4.79 Å². The van der Waals surface area contributed by atoms with Crippen molar-refractivity contribution in [1.29, 1.82) is 0 Å². The Morgan fingerprint density at radius 3 is 2.31 bits per heavy atom. The number of benzene rings is 2. The summed E-state index contributed by atoms with van der Waals surface area (Å²) in [6, 6.07) is 11.8. The lowest BCUT2D eigenvalue weighted by Gasteiger charge is -2.12. The summed E-state index contributed by atoms with van der Waals surface area (Å²) in [5.41, 5.74) is 5.63. The highest BCUT2D eigenvalue weighted by Crippen LogP contribution is 2.25. The van der Waals surface area contributed by atoms with E-state index in [1.807, 2.05) is 44.0 Å². The summed E-state index contributed by atoms with van der Waals surface area (Å²) in [5, 5.41) is 0. The average Bonchev–Trinajstić information content (AvgIpc) is 2.67. The molecule has 138 valence electrons. The maximum Gasteiger partial charge on any atom is 0.338 e. The topological polar surface area (TPSA) is 41.9 Å². The molecular weight excluding hydrogens is 324 g/mol. The van der Waals surface area contributed by atoms with Gasteiger partial charge in [-0.25, -0.2) is 9.79 Å². The zero-order chi connectivity index (χ0) is 19.1. The van der Waals surface area contributed by atoms with Crippen LogP contribution < -0.4 is 0 Å². The predicted octanol–water partition coefficient (Wildman–Crippen LogP) is 4.83. The maximum absolute atomic E-state index is 12.5. The van der Waals surface area contributed by atoms with Gasteiger partial charge in [-0.3, -0.25) is 0 Å². The van der Waals surface area contributed by atoms with Crippen LogP contribution >= 0.6 is 0 Å². The number of hydrogen-bond acceptors (Lipinski definition) is 3. The summed E-state index contributed by atoms with van der Waals surface area (Å²) in [4.78, 5) is 19.0. The first-order valence-electron chi connectivity index (χ1n) is 9.05. The smallest absolute Gasteiger partial charge is 0.338 e. The van der Waals surface area contributed by atoms with E-state index in [1.54, 1.807) is 12.4 Å². The molecule has 0 fully saturated rings. The van der Waals surface area contributed by atoms with Crippen LogP contribution in [0.25, 0.3) is 0 Å². The van der Waals surface area contributed by atoms with Gasteiger partial charge in [0.1, 0.15) is 6.61 Å². The van der Waals surface area contributed by atoms with Crippen LogP contribution in [0, 0.1) is 13.8 Å². The lowest BCUT2D eigenvalue weighted by Crippen LogP contribution is -2.14. The number of esters is 1. The standard InChI is InChI=1S/C22H28N2O2/c1-6-18-8-10-19(11-9-18)14-26-22(25)20-12-13-21(17(4)16(20)3)23-15-24(5)7-2/h8-13,15H,6-7,14H2,1-5H3. The van der Waals surface area contributed by atoms with E-state index in [4.69, 9.17) is 4.74 Å². The van der Waals surface area contributed by atoms with Crippen LogP contribution in [-0.2, 0) is 17.8 Å². The molecule has 0 aromatic heterocycles. The molecule has 2 rings (SSSR count). The SMILES string of the molecule is CCc1ccc(COC(=O)c2ccc(N=CN(C)CC)c(C)c2C)cc1. The highest BCUT2D eigenvalue weighted by molar-refractivity contribution is 5.92. The lowest BCUT2D eigenvalue weighted by molar-refractivity contribution is 0.0472. The molecule has 4 nitrogen and oxygen atoms in total. The molecule has 2 aromatic carbocycles. The van der Waals surface area contributed by atoms with E-state index in [0.29, 0.717) is 5.56 Å². The molecule has 0 amide bonds. The van der Waals surface area contributed by atoms with E-state index >= 15 is 0 Å². The molecule has 0 saturated heterocycles. The number of rotatable bonds is 7. The molecule has 0 aliphatic heterocycles. The van der Waals surface area contributed by atoms with Gasteiger partial charge in [0.2, 0.25) is 0 Å². The van der Waals surface area contributed by atoms with Gasteiger partial charge in [0, 0.05) is 13.6 Å². The molecule has 4 heteroatoms. The van der Waals surface area contributed by atoms with Crippen LogP contribution in [0.3, 0.4) is 0 Å². The van der Waals surface area contributed by atoms with Crippen molar-refractivity contribution >= 4 is 18.0 Å². The summed E-state index contributed by atoms with van der Waals surface area (Å²) in [6.07, 6.45) is 2.81. The van der Waals surface area contributed by atoms with Crippen molar-refractivity contribution < 1.29 is 9.53 Å². The third kappa shape index (κ3) is 4.94. The monoisotopic (exact) mass is 352 g/mol. The van der Waals surface area contributed by atoms with Crippen molar-refractivity contribution in [3.8, 4) is 0 Å². The first-order chi connectivity index (χ1) is 12.5. The number of aliphatic imine (C=N–C) groups is 1. The fourth-order valence-electron chi connectivity index (χ4n) is 2.51.